The van der Waals surface area contributed by atoms with E-state index in [0.717, 1.165) is 19.1 Å². The molecule has 2 rings (SSSR count). The van der Waals surface area contributed by atoms with Gasteiger partial charge in [-0.15, -0.1) is 11.3 Å². The van der Waals surface area contributed by atoms with Crippen molar-refractivity contribution in [1.29, 1.82) is 0 Å². The van der Waals surface area contributed by atoms with Gasteiger partial charge in [0.15, 0.2) is 17.3 Å². The summed E-state index contributed by atoms with van der Waals surface area (Å²) < 4.78 is 33.9. The fourth-order valence-electron chi connectivity index (χ4n) is 1.66. The van der Waals surface area contributed by atoms with E-state index < -0.39 is 29.1 Å². The number of benzene rings is 1. The number of nitrogens with zero attached hydrogens (tertiary/aromatic N) is 1. The van der Waals surface area contributed by atoms with E-state index in [1.807, 2.05) is 0 Å². The molecule has 1 heterocycles. The van der Waals surface area contributed by atoms with E-state index >= 15 is 0 Å². The first-order valence-electron chi connectivity index (χ1n) is 5.78. The van der Waals surface area contributed by atoms with Gasteiger partial charge in [0, 0.05) is 0 Å². The third kappa shape index (κ3) is 3.41. The third-order valence-corrected chi connectivity index (χ3v) is 5.10. The zero-order valence-electron chi connectivity index (χ0n) is 10.9. The fraction of sp³-hybridized carbons (Fsp3) is 0.231. The summed E-state index contributed by atoms with van der Waals surface area (Å²) in [6, 6.07) is 2.13. The van der Waals surface area contributed by atoms with Crippen molar-refractivity contribution in [2.45, 2.75) is 20.0 Å². The summed E-state index contributed by atoms with van der Waals surface area (Å²) in [5, 5.41) is 0.528. The highest BCUT2D eigenvalue weighted by Crippen LogP contribution is 2.34. The standard InChI is InChI=1S/C13H9BrClF2NO2S/c1-5(19)9-7(16)3-4-8(10(9)17)20-6(2)13-18-11(14)12(15)21-13/h3-4,6H,1-2H3. The predicted molar refractivity (Wildman–Crippen MR) is 80.2 cm³/mol. The van der Waals surface area contributed by atoms with E-state index in [9.17, 15) is 13.6 Å². The smallest absolute Gasteiger partial charge is 0.178 e. The van der Waals surface area contributed by atoms with Crippen LogP contribution in [-0.2, 0) is 0 Å². The summed E-state index contributed by atoms with van der Waals surface area (Å²) in [5.41, 5.74) is -0.613. The molecule has 0 N–H and O–H groups in total. The summed E-state index contributed by atoms with van der Waals surface area (Å²) >= 11 is 10.2. The van der Waals surface area contributed by atoms with Gasteiger partial charge < -0.3 is 4.74 Å². The normalized spacial score (nSPS) is 12.3. The van der Waals surface area contributed by atoms with Crippen molar-refractivity contribution in [2.24, 2.45) is 0 Å². The minimum absolute atomic E-state index is 0.212. The van der Waals surface area contributed by atoms with Crippen molar-refractivity contribution in [3.05, 3.63) is 43.3 Å². The molecule has 0 radical (unpaired) electrons. The first kappa shape index (κ1) is 16.3. The van der Waals surface area contributed by atoms with Crippen LogP contribution in [-0.4, -0.2) is 10.8 Å². The lowest BCUT2D eigenvalue weighted by atomic mass is 10.1. The molecule has 1 aromatic heterocycles. The van der Waals surface area contributed by atoms with Crippen molar-refractivity contribution in [3.63, 3.8) is 0 Å². The van der Waals surface area contributed by atoms with Gasteiger partial charge in [0.1, 0.15) is 25.9 Å². The summed E-state index contributed by atoms with van der Waals surface area (Å²) in [6.45, 7) is 2.74. The maximum atomic E-state index is 14.1. The van der Waals surface area contributed by atoms with Gasteiger partial charge in [-0.2, -0.15) is 0 Å². The Kier molecular flexibility index (Phi) is 4.95. The van der Waals surface area contributed by atoms with Gasteiger partial charge in [-0.25, -0.2) is 13.8 Å². The number of carbonyl (C=O) groups excluding carboxylic acids is 1. The second-order valence-electron chi connectivity index (χ2n) is 4.17. The van der Waals surface area contributed by atoms with Crippen LogP contribution >= 0.6 is 38.9 Å². The second-order valence-corrected chi connectivity index (χ2v) is 6.55. The Morgan fingerprint density at radius 1 is 1.48 bits per heavy atom. The summed E-state index contributed by atoms with van der Waals surface area (Å²) in [6.07, 6.45) is -0.599. The Balaban J connectivity index is 2.31. The van der Waals surface area contributed by atoms with Crippen LogP contribution < -0.4 is 4.74 Å². The molecule has 0 fully saturated rings. The van der Waals surface area contributed by atoms with Gasteiger partial charge in [-0.3, -0.25) is 4.79 Å². The minimum Gasteiger partial charge on any atom is -0.480 e. The molecular weight excluding hydrogens is 388 g/mol. The molecule has 0 aliphatic heterocycles. The monoisotopic (exact) mass is 395 g/mol. The maximum Gasteiger partial charge on any atom is 0.178 e. The number of halogens is 4. The zero-order valence-corrected chi connectivity index (χ0v) is 14.1. The van der Waals surface area contributed by atoms with Crippen molar-refractivity contribution in [2.75, 3.05) is 0 Å². The number of Topliss-reactive ketones (excluding diaryl/α,β-unsaturated/α-hetero) is 1. The van der Waals surface area contributed by atoms with Crippen LogP contribution in [0.4, 0.5) is 8.78 Å². The number of hydrogen-bond acceptors (Lipinski definition) is 4. The van der Waals surface area contributed by atoms with Crippen molar-refractivity contribution < 1.29 is 18.3 Å². The van der Waals surface area contributed by atoms with Crippen LogP contribution in [0.25, 0.3) is 0 Å². The Hall–Kier alpha value is -1.05. The predicted octanol–water partition coefficient (Wildman–Crippen LogP) is 5.18. The number of thiazole rings is 1. The molecule has 0 aliphatic carbocycles. The van der Waals surface area contributed by atoms with Crippen LogP contribution in [0.1, 0.15) is 35.3 Å². The van der Waals surface area contributed by atoms with E-state index in [1.54, 1.807) is 6.92 Å². The van der Waals surface area contributed by atoms with Gasteiger partial charge in [-0.1, -0.05) is 11.6 Å². The molecule has 0 saturated heterocycles. The van der Waals surface area contributed by atoms with Crippen LogP contribution in [0, 0.1) is 11.6 Å². The molecule has 1 aromatic carbocycles. The van der Waals surface area contributed by atoms with Crippen molar-refractivity contribution in [3.8, 4) is 5.75 Å². The lowest BCUT2D eigenvalue weighted by Crippen LogP contribution is -2.08. The highest BCUT2D eigenvalue weighted by atomic mass is 79.9. The quantitative estimate of drug-likeness (QED) is 0.669. The van der Waals surface area contributed by atoms with Crippen LogP contribution in [0.2, 0.25) is 4.34 Å². The average Bonchev–Trinajstić information content (AvgIpc) is 2.73. The number of carbonyl (C=O) groups is 1. The van der Waals surface area contributed by atoms with Crippen molar-refractivity contribution >= 4 is 44.7 Å². The Morgan fingerprint density at radius 2 is 2.14 bits per heavy atom. The summed E-state index contributed by atoms with van der Waals surface area (Å²) in [7, 11) is 0. The number of ether oxygens (including phenoxy) is 1. The minimum atomic E-state index is -1.02. The van der Waals surface area contributed by atoms with Crippen LogP contribution in [0.5, 0.6) is 5.75 Å². The molecule has 21 heavy (non-hydrogen) atoms. The maximum absolute atomic E-state index is 14.1. The van der Waals surface area contributed by atoms with E-state index in [0.29, 0.717) is 13.9 Å². The zero-order chi connectivity index (χ0) is 15.7. The van der Waals surface area contributed by atoms with Gasteiger partial charge in [0.05, 0.1) is 5.56 Å². The molecule has 1 unspecified atom stereocenters. The molecule has 0 spiro atoms. The number of hydrogen-bond donors (Lipinski definition) is 0. The highest BCUT2D eigenvalue weighted by molar-refractivity contribution is 9.10. The SMILES string of the molecule is CC(=O)c1c(F)ccc(OC(C)c2nc(Br)c(Cl)s2)c1F. The molecule has 3 nitrogen and oxygen atoms in total. The number of aromatic nitrogens is 1. The molecule has 0 bridgehead atoms. The van der Waals surface area contributed by atoms with E-state index in [2.05, 4.69) is 20.9 Å². The molecule has 0 amide bonds. The average molecular weight is 397 g/mol. The summed E-state index contributed by atoms with van der Waals surface area (Å²) in [4.78, 5) is 15.4. The number of ketones is 1. The van der Waals surface area contributed by atoms with Gasteiger partial charge >= 0.3 is 0 Å². The topological polar surface area (TPSA) is 39.2 Å². The molecule has 8 heteroatoms. The Bertz CT molecular complexity index is 688. The van der Waals surface area contributed by atoms with Gasteiger partial charge in [0.25, 0.3) is 0 Å². The highest BCUT2D eigenvalue weighted by Gasteiger charge is 2.21. The molecule has 1 atom stereocenters. The summed E-state index contributed by atoms with van der Waals surface area (Å²) in [5.74, 6) is -2.85. The fourth-order valence-corrected chi connectivity index (χ4v) is 3.15. The largest absolute Gasteiger partial charge is 0.480 e. The molecule has 0 saturated carbocycles. The van der Waals surface area contributed by atoms with Crippen LogP contribution in [0.15, 0.2) is 16.7 Å². The van der Waals surface area contributed by atoms with Gasteiger partial charge in [-0.05, 0) is 41.9 Å². The molecule has 0 aliphatic rings. The lowest BCUT2D eigenvalue weighted by molar-refractivity contribution is 0.100. The van der Waals surface area contributed by atoms with E-state index in [-0.39, 0.29) is 5.75 Å². The second kappa shape index (κ2) is 6.37. The Morgan fingerprint density at radius 3 is 2.67 bits per heavy atom. The molecular formula is C13H9BrClF2NO2S. The van der Waals surface area contributed by atoms with E-state index in [4.69, 9.17) is 16.3 Å². The molecule has 2 aromatic rings. The number of rotatable bonds is 4. The first-order valence-corrected chi connectivity index (χ1v) is 7.77. The van der Waals surface area contributed by atoms with Crippen LogP contribution in [0.3, 0.4) is 0 Å². The first-order chi connectivity index (χ1) is 9.81. The Labute approximate surface area is 137 Å². The van der Waals surface area contributed by atoms with E-state index in [1.165, 1.54) is 11.3 Å². The lowest BCUT2D eigenvalue weighted by Gasteiger charge is -2.14. The third-order valence-electron chi connectivity index (χ3n) is 2.62. The van der Waals surface area contributed by atoms with Crippen molar-refractivity contribution in [1.82, 2.24) is 4.98 Å². The van der Waals surface area contributed by atoms with Gasteiger partial charge in [0.2, 0.25) is 0 Å². The molecule has 112 valence electrons.